The van der Waals surface area contributed by atoms with Crippen LogP contribution in [0.25, 0.3) is 0 Å². The Morgan fingerprint density at radius 3 is 2.42 bits per heavy atom. The van der Waals surface area contributed by atoms with Crippen molar-refractivity contribution in [3.8, 4) is 0 Å². The van der Waals surface area contributed by atoms with Gasteiger partial charge in [-0.25, -0.2) is 12.8 Å². The minimum Gasteiger partial charge on any atom is -0.310 e. The highest BCUT2D eigenvalue weighted by Crippen LogP contribution is 2.21. The van der Waals surface area contributed by atoms with E-state index in [2.05, 4.69) is 5.32 Å². The van der Waals surface area contributed by atoms with Crippen molar-refractivity contribution >= 4 is 9.84 Å². The average Bonchev–Trinajstić information content (AvgIpc) is 1.98. The van der Waals surface area contributed by atoms with Crippen molar-refractivity contribution in [1.29, 1.82) is 0 Å². The second kappa shape index (κ2) is 3.30. The molecule has 1 aliphatic heterocycles. The molecule has 5 heteroatoms. The SMILES string of the molecule is CCS(=O)(=O)CCC1(F)CNC1. The molecule has 0 aromatic carbocycles. The summed E-state index contributed by atoms with van der Waals surface area (Å²) in [6, 6.07) is 0. The van der Waals surface area contributed by atoms with Gasteiger partial charge < -0.3 is 5.32 Å². The fourth-order valence-corrected chi connectivity index (χ4v) is 2.02. The maximum Gasteiger partial charge on any atom is 0.150 e. The van der Waals surface area contributed by atoms with Gasteiger partial charge in [0.05, 0.1) is 5.75 Å². The molecule has 1 aliphatic rings. The standard InChI is InChI=1S/C7H14FNO2S/c1-2-12(10,11)4-3-7(8)5-9-6-7/h9H,2-6H2,1H3. The van der Waals surface area contributed by atoms with Gasteiger partial charge >= 0.3 is 0 Å². The molecule has 72 valence electrons. The van der Waals surface area contributed by atoms with Gasteiger partial charge in [-0.15, -0.1) is 0 Å². The van der Waals surface area contributed by atoms with Gasteiger partial charge in [0, 0.05) is 18.8 Å². The highest BCUT2D eigenvalue weighted by Gasteiger charge is 2.37. The molecule has 0 amide bonds. The summed E-state index contributed by atoms with van der Waals surface area (Å²) in [7, 11) is -3.00. The van der Waals surface area contributed by atoms with Crippen LogP contribution in [0.2, 0.25) is 0 Å². The lowest BCUT2D eigenvalue weighted by Gasteiger charge is -2.34. The first kappa shape index (κ1) is 9.92. The number of halogens is 1. The van der Waals surface area contributed by atoms with Crippen LogP contribution in [-0.4, -0.2) is 38.7 Å². The monoisotopic (exact) mass is 195 g/mol. The predicted octanol–water partition coefficient (Wildman–Crippen LogP) is 0.123. The van der Waals surface area contributed by atoms with Crippen LogP contribution >= 0.6 is 0 Å². The van der Waals surface area contributed by atoms with Gasteiger partial charge in [0.25, 0.3) is 0 Å². The summed E-state index contributed by atoms with van der Waals surface area (Å²) in [6.07, 6.45) is 0.135. The van der Waals surface area contributed by atoms with E-state index in [-0.39, 0.29) is 17.9 Å². The molecule has 0 spiro atoms. The third-order valence-corrected chi connectivity index (χ3v) is 3.89. The Kier molecular flexibility index (Phi) is 2.73. The molecule has 0 unspecified atom stereocenters. The highest BCUT2D eigenvalue weighted by atomic mass is 32.2. The summed E-state index contributed by atoms with van der Waals surface area (Å²) in [5.74, 6) is 0.0815. The summed E-state index contributed by atoms with van der Waals surface area (Å²) in [4.78, 5) is 0. The number of rotatable bonds is 4. The van der Waals surface area contributed by atoms with Crippen molar-refractivity contribution in [2.75, 3.05) is 24.6 Å². The summed E-state index contributed by atoms with van der Waals surface area (Å²) in [6.45, 7) is 2.18. The molecule has 1 rings (SSSR count). The van der Waals surface area contributed by atoms with Crippen LogP contribution in [0.5, 0.6) is 0 Å². The predicted molar refractivity (Wildman–Crippen MR) is 45.7 cm³/mol. The largest absolute Gasteiger partial charge is 0.310 e. The van der Waals surface area contributed by atoms with Crippen molar-refractivity contribution in [2.45, 2.75) is 19.0 Å². The fourth-order valence-electron chi connectivity index (χ4n) is 1.06. The van der Waals surface area contributed by atoms with Crippen molar-refractivity contribution in [3.63, 3.8) is 0 Å². The van der Waals surface area contributed by atoms with Crippen molar-refractivity contribution in [1.82, 2.24) is 5.32 Å². The molecule has 0 atom stereocenters. The molecule has 0 bridgehead atoms. The van der Waals surface area contributed by atoms with E-state index in [9.17, 15) is 12.8 Å². The third kappa shape index (κ3) is 2.42. The zero-order valence-corrected chi connectivity index (χ0v) is 7.95. The molecule has 1 saturated heterocycles. The Hall–Kier alpha value is -0.160. The Morgan fingerprint density at radius 1 is 1.50 bits per heavy atom. The first-order valence-corrected chi connectivity index (χ1v) is 5.90. The number of hydrogen-bond donors (Lipinski definition) is 1. The zero-order valence-electron chi connectivity index (χ0n) is 7.14. The first-order chi connectivity index (χ1) is 5.47. The lowest BCUT2D eigenvalue weighted by atomic mass is 9.97. The normalized spacial score (nSPS) is 21.8. The fraction of sp³-hybridized carbons (Fsp3) is 1.00. The second-order valence-electron chi connectivity index (χ2n) is 3.24. The minimum atomic E-state index is -3.00. The Morgan fingerprint density at radius 2 is 2.08 bits per heavy atom. The van der Waals surface area contributed by atoms with Crippen LogP contribution in [0.15, 0.2) is 0 Å². The number of sulfone groups is 1. The van der Waals surface area contributed by atoms with Gasteiger partial charge in [0.1, 0.15) is 15.5 Å². The molecule has 1 heterocycles. The maximum absolute atomic E-state index is 13.2. The van der Waals surface area contributed by atoms with Crippen LogP contribution in [0.4, 0.5) is 4.39 Å². The van der Waals surface area contributed by atoms with E-state index >= 15 is 0 Å². The topological polar surface area (TPSA) is 46.2 Å². The molecule has 0 aromatic heterocycles. The van der Waals surface area contributed by atoms with Crippen LogP contribution in [0, 0.1) is 0 Å². The number of alkyl halides is 1. The Balaban J connectivity index is 2.35. The molecular formula is C7H14FNO2S. The second-order valence-corrected chi connectivity index (χ2v) is 5.71. The highest BCUT2D eigenvalue weighted by molar-refractivity contribution is 7.91. The average molecular weight is 195 g/mol. The molecule has 0 saturated carbocycles. The molecule has 1 N–H and O–H groups in total. The Bertz CT molecular complexity index is 246. The minimum absolute atomic E-state index is 0.0261. The van der Waals surface area contributed by atoms with Crippen molar-refractivity contribution in [2.24, 2.45) is 0 Å². The lowest BCUT2D eigenvalue weighted by Crippen LogP contribution is -2.56. The quantitative estimate of drug-likeness (QED) is 0.693. The van der Waals surface area contributed by atoms with Gasteiger partial charge in [0.15, 0.2) is 0 Å². The van der Waals surface area contributed by atoms with Crippen LogP contribution in [-0.2, 0) is 9.84 Å². The first-order valence-electron chi connectivity index (χ1n) is 4.07. The van der Waals surface area contributed by atoms with E-state index in [1.807, 2.05) is 0 Å². The summed E-state index contributed by atoms with van der Waals surface area (Å²) < 4.78 is 35.2. The molecular weight excluding hydrogens is 181 g/mol. The van der Waals surface area contributed by atoms with Gasteiger partial charge in [0.2, 0.25) is 0 Å². The number of nitrogens with one attached hydrogen (secondary N) is 1. The van der Waals surface area contributed by atoms with Gasteiger partial charge in [-0.3, -0.25) is 0 Å². The van der Waals surface area contributed by atoms with Crippen LogP contribution in [0.1, 0.15) is 13.3 Å². The molecule has 1 fully saturated rings. The van der Waals surface area contributed by atoms with E-state index in [0.29, 0.717) is 13.1 Å². The zero-order chi connectivity index (χ0) is 9.24. The number of hydrogen-bond acceptors (Lipinski definition) is 3. The molecule has 3 nitrogen and oxygen atoms in total. The smallest absolute Gasteiger partial charge is 0.150 e. The van der Waals surface area contributed by atoms with E-state index in [4.69, 9.17) is 0 Å². The van der Waals surface area contributed by atoms with Crippen molar-refractivity contribution < 1.29 is 12.8 Å². The summed E-state index contributed by atoms with van der Waals surface area (Å²) >= 11 is 0. The molecule has 0 aliphatic carbocycles. The van der Waals surface area contributed by atoms with E-state index in [1.165, 1.54) is 0 Å². The van der Waals surface area contributed by atoms with Gasteiger partial charge in [-0.2, -0.15) is 0 Å². The maximum atomic E-state index is 13.2. The lowest BCUT2D eigenvalue weighted by molar-refractivity contribution is 0.0872. The Labute approximate surface area is 72.3 Å². The van der Waals surface area contributed by atoms with E-state index < -0.39 is 15.5 Å². The molecule has 0 aromatic rings. The van der Waals surface area contributed by atoms with Gasteiger partial charge in [-0.1, -0.05) is 6.92 Å². The van der Waals surface area contributed by atoms with Gasteiger partial charge in [-0.05, 0) is 6.42 Å². The molecule has 12 heavy (non-hydrogen) atoms. The summed E-state index contributed by atoms with van der Waals surface area (Å²) in [5, 5.41) is 2.79. The van der Waals surface area contributed by atoms with Crippen LogP contribution in [0.3, 0.4) is 0 Å². The molecule has 0 radical (unpaired) electrons. The summed E-state index contributed by atoms with van der Waals surface area (Å²) in [5.41, 5.74) is -1.26. The van der Waals surface area contributed by atoms with E-state index in [0.717, 1.165) is 0 Å². The third-order valence-electron chi connectivity index (χ3n) is 2.18. The van der Waals surface area contributed by atoms with Crippen molar-refractivity contribution in [3.05, 3.63) is 0 Å². The van der Waals surface area contributed by atoms with E-state index in [1.54, 1.807) is 6.92 Å². The van der Waals surface area contributed by atoms with Crippen LogP contribution < -0.4 is 5.32 Å².